The molecular formula is C22H34IN5O2. The number of morpholine rings is 1. The summed E-state index contributed by atoms with van der Waals surface area (Å²) in [5.41, 5.74) is 1.14. The summed E-state index contributed by atoms with van der Waals surface area (Å²) in [6.07, 6.45) is 4.13. The predicted molar refractivity (Wildman–Crippen MR) is 132 cm³/mol. The Morgan fingerprint density at radius 1 is 1.10 bits per heavy atom. The Hall–Kier alpha value is -1.78. The lowest BCUT2D eigenvalue weighted by atomic mass is 10.2. The molecule has 0 amide bonds. The van der Waals surface area contributed by atoms with Crippen molar-refractivity contribution in [3.63, 3.8) is 0 Å². The van der Waals surface area contributed by atoms with Gasteiger partial charge in [-0.1, -0.05) is 12.1 Å². The molecule has 0 bridgehead atoms. The van der Waals surface area contributed by atoms with Crippen molar-refractivity contribution in [1.82, 2.24) is 20.1 Å². The third-order valence-electron chi connectivity index (χ3n) is 4.77. The first-order valence-electron chi connectivity index (χ1n) is 10.5. The maximum absolute atomic E-state index is 5.95. The van der Waals surface area contributed by atoms with Gasteiger partial charge in [0.1, 0.15) is 12.4 Å². The van der Waals surface area contributed by atoms with Crippen LogP contribution in [0.5, 0.6) is 5.75 Å². The lowest BCUT2D eigenvalue weighted by molar-refractivity contribution is 0.0322. The number of benzene rings is 1. The van der Waals surface area contributed by atoms with Crippen LogP contribution < -0.4 is 15.4 Å². The number of guanidine groups is 1. The fourth-order valence-electron chi connectivity index (χ4n) is 3.19. The van der Waals surface area contributed by atoms with Gasteiger partial charge in [0, 0.05) is 51.7 Å². The molecule has 1 saturated heterocycles. The molecule has 0 saturated carbocycles. The third kappa shape index (κ3) is 8.93. The van der Waals surface area contributed by atoms with Gasteiger partial charge in [0.05, 0.1) is 19.8 Å². The minimum absolute atomic E-state index is 0. The van der Waals surface area contributed by atoms with Gasteiger partial charge in [0.15, 0.2) is 5.96 Å². The molecule has 1 aliphatic heterocycles. The minimum atomic E-state index is 0. The summed E-state index contributed by atoms with van der Waals surface area (Å²) in [7, 11) is 0. The number of nitrogens with one attached hydrogen (secondary N) is 2. The number of aromatic nitrogens is 1. The Balaban J connectivity index is 0.00000320. The van der Waals surface area contributed by atoms with Crippen LogP contribution in [0.2, 0.25) is 0 Å². The van der Waals surface area contributed by atoms with Crippen LogP contribution in [0.25, 0.3) is 0 Å². The van der Waals surface area contributed by atoms with Crippen molar-refractivity contribution in [3.05, 3.63) is 54.4 Å². The molecule has 0 unspecified atom stereocenters. The van der Waals surface area contributed by atoms with Gasteiger partial charge >= 0.3 is 0 Å². The quantitative estimate of drug-likeness (QED) is 0.283. The van der Waals surface area contributed by atoms with E-state index in [-0.39, 0.29) is 24.0 Å². The maximum Gasteiger partial charge on any atom is 0.191 e. The van der Waals surface area contributed by atoms with Crippen molar-refractivity contribution in [2.24, 2.45) is 4.99 Å². The maximum atomic E-state index is 5.95. The van der Waals surface area contributed by atoms with E-state index in [4.69, 9.17) is 14.5 Å². The van der Waals surface area contributed by atoms with E-state index in [1.54, 1.807) is 0 Å². The van der Waals surface area contributed by atoms with Gasteiger partial charge in [-0.25, -0.2) is 4.99 Å². The van der Waals surface area contributed by atoms with E-state index in [9.17, 15) is 0 Å². The van der Waals surface area contributed by atoms with Crippen molar-refractivity contribution in [2.75, 3.05) is 52.5 Å². The fourth-order valence-corrected chi connectivity index (χ4v) is 3.19. The average molecular weight is 527 g/mol. The fraction of sp³-hybridized carbons (Fsp3) is 0.500. The highest BCUT2D eigenvalue weighted by atomic mass is 127. The summed E-state index contributed by atoms with van der Waals surface area (Å²) in [5.74, 6) is 1.73. The summed E-state index contributed by atoms with van der Waals surface area (Å²) in [6.45, 7) is 10.5. The van der Waals surface area contributed by atoms with Gasteiger partial charge in [-0.15, -0.1) is 24.0 Å². The molecule has 1 aliphatic rings. The van der Waals surface area contributed by atoms with Gasteiger partial charge in [-0.05, 0) is 36.8 Å². The molecule has 1 fully saturated rings. The second kappa shape index (κ2) is 14.3. The predicted octanol–water partition coefficient (Wildman–Crippen LogP) is 2.57. The Labute approximate surface area is 196 Å². The Morgan fingerprint density at radius 2 is 1.90 bits per heavy atom. The summed E-state index contributed by atoms with van der Waals surface area (Å²) < 4.78 is 13.5. The molecule has 0 radical (unpaired) electrons. The first kappa shape index (κ1) is 24.5. The number of ether oxygens (including phenoxy) is 2. The molecule has 1 aromatic heterocycles. The van der Waals surface area contributed by atoms with E-state index >= 15 is 0 Å². The van der Waals surface area contributed by atoms with Crippen LogP contribution in [0.15, 0.2) is 53.8 Å². The Kier molecular flexibility index (Phi) is 11.6. The average Bonchev–Trinajstić information content (AvgIpc) is 3.27. The topological polar surface area (TPSA) is 63.1 Å². The van der Waals surface area contributed by atoms with E-state index in [1.165, 1.54) is 0 Å². The van der Waals surface area contributed by atoms with Crippen molar-refractivity contribution in [2.45, 2.75) is 20.0 Å². The molecule has 2 aromatic rings. The zero-order valence-electron chi connectivity index (χ0n) is 17.8. The highest BCUT2D eigenvalue weighted by Crippen LogP contribution is 2.14. The molecule has 8 heteroatoms. The molecule has 1 aromatic carbocycles. The molecule has 3 rings (SSSR count). The number of halogens is 1. The monoisotopic (exact) mass is 527 g/mol. The summed E-state index contributed by atoms with van der Waals surface area (Å²) in [5, 5.41) is 6.69. The smallest absolute Gasteiger partial charge is 0.191 e. The molecule has 2 N–H and O–H groups in total. The van der Waals surface area contributed by atoms with E-state index in [0.29, 0.717) is 13.2 Å². The van der Waals surface area contributed by atoms with Gasteiger partial charge in [0.25, 0.3) is 0 Å². The van der Waals surface area contributed by atoms with E-state index in [0.717, 1.165) is 69.8 Å². The minimum Gasteiger partial charge on any atom is -0.492 e. The summed E-state index contributed by atoms with van der Waals surface area (Å²) >= 11 is 0. The summed E-state index contributed by atoms with van der Waals surface area (Å²) in [6, 6.07) is 12.3. The van der Waals surface area contributed by atoms with Crippen molar-refractivity contribution in [1.29, 1.82) is 0 Å². The van der Waals surface area contributed by atoms with Gasteiger partial charge in [-0.2, -0.15) is 0 Å². The van der Waals surface area contributed by atoms with Crippen LogP contribution in [0.3, 0.4) is 0 Å². The molecule has 7 nitrogen and oxygen atoms in total. The SMILES string of the molecule is CCNC(=NCc1cccc(OCCN2CCOCC2)c1)NCCn1cccc1.I. The number of aliphatic imine (C=N–C) groups is 1. The number of hydrogen-bond acceptors (Lipinski definition) is 4. The molecule has 166 valence electrons. The Bertz CT molecular complexity index is 733. The van der Waals surface area contributed by atoms with Crippen molar-refractivity contribution < 1.29 is 9.47 Å². The van der Waals surface area contributed by atoms with Crippen LogP contribution in [-0.2, 0) is 17.8 Å². The van der Waals surface area contributed by atoms with Gasteiger partial charge < -0.3 is 24.7 Å². The largest absolute Gasteiger partial charge is 0.492 e. The van der Waals surface area contributed by atoms with E-state index in [1.807, 2.05) is 24.3 Å². The normalized spacial score (nSPS) is 14.8. The lowest BCUT2D eigenvalue weighted by Gasteiger charge is -2.26. The molecular weight excluding hydrogens is 493 g/mol. The number of nitrogens with zero attached hydrogens (tertiary/aromatic N) is 3. The van der Waals surface area contributed by atoms with E-state index in [2.05, 4.69) is 51.6 Å². The van der Waals surface area contributed by atoms with Gasteiger partial charge in [0.2, 0.25) is 0 Å². The second-order valence-corrected chi connectivity index (χ2v) is 6.99. The van der Waals surface area contributed by atoms with Crippen molar-refractivity contribution >= 4 is 29.9 Å². The molecule has 0 spiro atoms. The standard InChI is InChI=1S/C22H33N5O2.HI/c1-2-23-22(24-8-11-26-9-3-4-10-26)25-19-20-6-5-7-21(18-20)29-17-14-27-12-15-28-16-13-27;/h3-7,9-10,18H,2,8,11-17,19H2,1H3,(H2,23,24,25);1H. The zero-order chi connectivity index (χ0) is 20.2. The van der Waals surface area contributed by atoms with Crippen LogP contribution >= 0.6 is 24.0 Å². The number of rotatable bonds is 10. The molecule has 30 heavy (non-hydrogen) atoms. The highest BCUT2D eigenvalue weighted by molar-refractivity contribution is 14.0. The van der Waals surface area contributed by atoms with Crippen LogP contribution in [0.1, 0.15) is 12.5 Å². The molecule has 0 atom stereocenters. The van der Waals surface area contributed by atoms with Crippen LogP contribution in [0.4, 0.5) is 0 Å². The lowest BCUT2D eigenvalue weighted by Crippen LogP contribution is -2.38. The van der Waals surface area contributed by atoms with Crippen LogP contribution in [0, 0.1) is 0 Å². The summed E-state index contributed by atoms with van der Waals surface area (Å²) in [4.78, 5) is 7.08. The van der Waals surface area contributed by atoms with Gasteiger partial charge in [-0.3, -0.25) is 4.90 Å². The van der Waals surface area contributed by atoms with E-state index < -0.39 is 0 Å². The Morgan fingerprint density at radius 3 is 2.67 bits per heavy atom. The second-order valence-electron chi connectivity index (χ2n) is 6.99. The third-order valence-corrected chi connectivity index (χ3v) is 4.77. The first-order valence-corrected chi connectivity index (χ1v) is 10.5. The zero-order valence-corrected chi connectivity index (χ0v) is 20.1. The molecule has 0 aliphatic carbocycles. The number of hydrogen-bond donors (Lipinski definition) is 2. The highest BCUT2D eigenvalue weighted by Gasteiger charge is 2.09. The van der Waals surface area contributed by atoms with Crippen molar-refractivity contribution in [3.8, 4) is 5.75 Å². The first-order chi connectivity index (χ1) is 14.3. The molecule has 2 heterocycles. The van der Waals surface area contributed by atoms with Crippen LogP contribution in [-0.4, -0.2) is 68.0 Å².